The summed E-state index contributed by atoms with van der Waals surface area (Å²) in [5, 5.41) is -0.181. The Labute approximate surface area is 67.4 Å². The molecule has 0 rings (SSSR count). The predicted octanol–water partition coefficient (Wildman–Crippen LogP) is 1.80. The van der Waals surface area contributed by atoms with Crippen LogP contribution in [0.5, 0.6) is 0 Å². The summed E-state index contributed by atoms with van der Waals surface area (Å²) in [5.74, 6) is 0. The summed E-state index contributed by atoms with van der Waals surface area (Å²) < 4.78 is 0. The number of carbonyl (C=O) groups excluding carboxylic acids is 1. The molecule has 1 amide bonds. The molecule has 0 aromatic rings. The molecule has 0 aliphatic rings. The van der Waals surface area contributed by atoms with Crippen LogP contribution in [0.4, 0.5) is 4.79 Å². The van der Waals surface area contributed by atoms with E-state index in [0.717, 1.165) is 0 Å². The highest BCUT2D eigenvalue weighted by Gasteiger charge is 2.04. The van der Waals surface area contributed by atoms with Gasteiger partial charge in [0.2, 0.25) is 0 Å². The largest absolute Gasteiger partial charge is 0.334 e. The number of hydrogen-bond donors (Lipinski definition) is 1. The summed E-state index contributed by atoms with van der Waals surface area (Å²) in [6, 6.07) is 0.250. The van der Waals surface area contributed by atoms with Gasteiger partial charge in [-0.05, 0) is 13.8 Å². The number of halogens is 1. The van der Waals surface area contributed by atoms with Gasteiger partial charge in [0.15, 0.2) is 0 Å². The lowest BCUT2D eigenvalue weighted by Gasteiger charge is -2.17. The summed E-state index contributed by atoms with van der Waals surface area (Å²) in [4.78, 5) is 11.9. The van der Waals surface area contributed by atoms with Gasteiger partial charge < -0.3 is 4.90 Å². The average Bonchev–Trinajstić information content (AvgIpc) is 1.64. The molecule has 56 valence electrons. The SMILES string of the molecule is CC(C)N(C)C(=O)S.Cl. The van der Waals surface area contributed by atoms with E-state index in [1.165, 1.54) is 0 Å². The molecule has 9 heavy (non-hydrogen) atoms. The van der Waals surface area contributed by atoms with Gasteiger partial charge in [0.05, 0.1) is 0 Å². The minimum atomic E-state index is -0.181. The van der Waals surface area contributed by atoms with Crippen LogP contribution in [0.3, 0.4) is 0 Å². The Hall–Kier alpha value is 0.110. The van der Waals surface area contributed by atoms with Crippen molar-refractivity contribution in [1.29, 1.82) is 0 Å². The molecule has 0 atom stereocenters. The van der Waals surface area contributed by atoms with Crippen LogP contribution in [0.15, 0.2) is 0 Å². The van der Waals surface area contributed by atoms with E-state index in [9.17, 15) is 4.79 Å². The van der Waals surface area contributed by atoms with Crippen LogP contribution >= 0.6 is 25.0 Å². The highest BCUT2D eigenvalue weighted by molar-refractivity contribution is 7.96. The first kappa shape index (κ1) is 11.9. The monoisotopic (exact) mass is 169 g/mol. The van der Waals surface area contributed by atoms with E-state index in [0.29, 0.717) is 0 Å². The number of amides is 1. The van der Waals surface area contributed by atoms with Crippen molar-refractivity contribution in [3.05, 3.63) is 0 Å². The van der Waals surface area contributed by atoms with E-state index < -0.39 is 0 Å². The topological polar surface area (TPSA) is 20.3 Å². The minimum absolute atomic E-state index is 0. The molecule has 0 aliphatic heterocycles. The predicted molar refractivity (Wildman–Crippen MR) is 44.5 cm³/mol. The number of thiol groups is 1. The number of nitrogens with zero attached hydrogens (tertiary/aromatic N) is 1. The molecule has 4 heteroatoms. The molecule has 0 fully saturated rings. The zero-order chi connectivity index (χ0) is 6.73. The van der Waals surface area contributed by atoms with E-state index in [1.807, 2.05) is 13.8 Å². The molecule has 0 aromatic heterocycles. The van der Waals surface area contributed by atoms with Crippen molar-refractivity contribution in [2.75, 3.05) is 7.05 Å². The van der Waals surface area contributed by atoms with E-state index in [4.69, 9.17) is 0 Å². The molecule has 0 radical (unpaired) electrons. The fourth-order valence-electron chi connectivity index (χ4n) is 0.221. The molecule has 0 saturated carbocycles. The Morgan fingerprint density at radius 2 is 1.89 bits per heavy atom. The van der Waals surface area contributed by atoms with Crippen molar-refractivity contribution in [1.82, 2.24) is 4.90 Å². The Balaban J connectivity index is 0. The van der Waals surface area contributed by atoms with Crippen LogP contribution in [-0.4, -0.2) is 23.2 Å². The first-order valence-electron chi connectivity index (χ1n) is 2.51. The lowest BCUT2D eigenvalue weighted by Crippen LogP contribution is -2.28. The Morgan fingerprint density at radius 3 is 1.89 bits per heavy atom. The van der Waals surface area contributed by atoms with Gasteiger partial charge >= 0.3 is 0 Å². The second-order valence-corrected chi connectivity index (χ2v) is 2.37. The van der Waals surface area contributed by atoms with E-state index in [1.54, 1.807) is 11.9 Å². The van der Waals surface area contributed by atoms with Crippen molar-refractivity contribution in [3.63, 3.8) is 0 Å². The maximum atomic E-state index is 10.4. The second-order valence-electron chi connectivity index (χ2n) is 1.99. The standard InChI is InChI=1S/C5H11NOS.ClH/c1-4(2)6(3)5(7)8;/h4H,1-3H3,(H,7,8);1H. The third-order valence-corrected chi connectivity index (χ3v) is 1.39. The van der Waals surface area contributed by atoms with Crippen molar-refractivity contribution in [3.8, 4) is 0 Å². The molecular formula is C5H12ClNOS. The Bertz CT molecular complexity index is 97.0. The molecule has 0 aliphatic carbocycles. The van der Waals surface area contributed by atoms with E-state index in [2.05, 4.69) is 12.6 Å². The fourth-order valence-corrected chi connectivity index (χ4v) is 0.452. The van der Waals surface area contributed by atoms with Gasteiger partial charge in [-0.1, -0.05) is 12.6 Å². The number of rotatable bonds is 1. The molecule has 0 aromatic carbocycles. The smallest absolute Gasteiger partial charge is 0.278 e. The summed E-state index contributed by atoms with van der Waals surface area (Å²) >= 11 is 3.62. The maximum Gasteiger partial charge on any atom is 0.278 e. The van der Waals surface area contributed by atoms with Crippen molar-refractivity contribution in [2.24, 2.45) is 0 Å². The van der Waals surface area contributed by atoms with Gasteiger partial charge in [-0.25, -0.2) is 0 Å². The Morgan fingerprint density at radius 1 is 1.56 bits per heavy atom. The fraction of sp³-hybridized carbons (Fsp3) is 0.800. The zero-order valence-electron chi connectivity index (χ0n) is 5.79. The average molecular weight is 170 g/mol. The van der Waals surface area contributed by atoms with Gasteiger partial charge in [0.25, 0.3) is 5.24 Å². The lowest BCUT2D eigenvalue weighted by atomic mass is 10.4. The van der Waals surface area contributed by atoms with Crippen molar-refractivity contribution in [2.45, 2.75) is 19.9 Å². The summed E-state index contributed by atoms with van der Waals surface area (Å²) in [6.07, 6.45) is 0. The number of hydrogen-bond acceptors (Lipinski definition) is 1. The molecular weight excluding hydrogens is 158 g/mol. The zero-order valence-corrected chi connectivity index (χ0v) is 7.50. The van der Waals surface area contributed by atoms with Crippen LogP contribution in [0.25, 0.3) is 0 Å². The summed E-state index contributed by atoms with van der Waals surface area (Å²) in [7, 11) is 1.72. The van der Waals surface area contributed by atoms with Crippen molar-refractivity contribution >= 4 is 30.3 Å². The van der Waals surface area contributed by atoms with Crippen LogP contribution in [0, 0.1) is 0 Å². The molecule has 0 unspecified atom stereocenters. The van der Waals surface area contributed by atoms with Crippen LogP contribution in [0.1, 0.15) is 13.8 Å². The van der Waals surface area contributed by atoms with Gasteiger partial charge in [-0.3, -0.25) is 4.79 Å². The van der Waals surface area contributed by atoms with Gasteiger partial charge in [-0.15, -0.1) is 12.4 Å². The number of carbonyl (C=O) groups is 1. The highest BCUT2D eigenvalue weighted by atomic mass is 35.5. The molecule has 0 N–H and O–H groups in total. The molecule has 0 bridgehead atoms. The van der Waals surface area contributed by atoms with Gasteiger partial charge in [0, 0.05) is 13.1 Å². The maximum absolute atomic E-state index is 10.4. The Kier molecular flexibility index (Phi) is 6.51. The third-order valence-electron chi connectivity index (χ3n) is 1.08. The van der Waals surface area contributed by atoms with Crippen LogP contribution < -0.4 is 0 Å². The van der Waals surface area contributed by atoms with Crippen molar-refractivity contribution < 1.29 is 4.79 Å². The highest BCUT2D eigenvalue weighted by Crippen LogP contribution is 1.96. The molecule has 0 heterocycles. The first-order valence-corrected chi connectivity index (χ1v) is 2.96. The van der Waals surface area contributed by atoms with Crippen LogP contribution in [0.2, 0.25) is 0 Å². The summed E-state index contributed by atoms with van der Waals surface area (Å²) in [6.45, 7) is 3.88. The molecule has 2 nitrogen and oxygen atoms in total. The van der Waals surface area contributed by atoms with E-state index >= 15 is 0 Å². The van der Waals surface area contributed by atoms with Gasteiger partial charge in [0.1, 0.15) is 0 Å². The summed E-state index contributed by atoms with van der Waals surface area (Å²) in [5.41, 5.74) is 0. The van der Waals surface area contributed by atoms with E-state index in [-0.39, 0.29) is 23.7 Å². The molecule has 0 saturated heterocycles. The van der Waals surface area contributed by atoms with Gasteiger partial charge in [-0.2, -0.15) is 0 Å². The van der Waals surface area contributed by atoms with Crippen LogP contribution in [-0.2, 0) is 0 Å². The quantitative estimate of drug-likeness (QED) is 0.594. The second kappa shape index (κ2) is 4.94. The molecule has 0 spiro atoms. The lowest BCUT2D eigenvalue weighted by molar-refractivity contribution is 0.223. The normalized spacial score (nSPS) is 8.56. The first-order chi connectivity index (χ1) is 3.55. The third kappa shape index (κ3) is 4.60. The minimum Gasteiger partial charge on any atom is -0.334 e.